The van der Waals surface area contributed by atoms with Gasteiger partial charge in [-0.15, -0.1) is 0 Å². The summed E-state index contributed by atoms with van der Waals surface area (Å²) in [4.78, 5) is 12.3. The highest BCUT2D eigenvalue weighted by Crippen LogP contribution is 2.16. The number of aliphatic hydroxyl groups excluding tert-OH is 2. The molecule has 0 bridgehead atoms. The van der Waals surface area contributed by atoms with Crippen LogP contribution in [0.5, 0.6) is 0 Å². The molecule has 0 saturated carbocycles. The average molecular weight is 782 g/mol. The summed E-state index contributed by atoms with van der Waals surface area (Å²) >= 11 is 0. The topological polar surface area (TPSA) is 69.6 Å². The Morgan fingerprint density at radius 1 is 0.429 bits per heavy atom. The normalized spacial score (nSPS) is 13.4. The zero-order valence-corrected chi connectivity index (χ0v) is 37.4. The Morgan fingerprint density at radius 2 is 0.786 bits per heavy atom. The summed E-state index contributed by atoms with van der Waals surface area (Å²) < 4.78 is 0. The molecule has 0 saturated heterocycles. The van der Waals surface area contributed by atoms with Crippen molar-refractivity contribution in [1.29, 1.82) is 0 Å². The van der Waals surface area contributed by atoms with E-state index in [4.69, 9.17) is 0 Å². The maximum atomic E-state index is 12.3. The molecule has 0 aliphatic carbocycles. The van der Waals surface area contributed by atoms with Crippen LogP contribution in [0, 0.1) is 0 Å². The van der Waals surface area contributed by atoms with Crippen molar-refractivity contribution >= 4 is 5.91 Å². The molecule has 0 aromatic rings. The molecule has 0 rings (SSSR count). The van der Waals surface area contributed by atoms with Crippen molar-refractivity contribution in [2.24, 2.45) is 0 Å². The minimum atomic E-state index is -0.858. The first-order valence-electron chi connectivity index (χ1n) is 24.5. The molecule has 1 amide bonds. The lowest BCUT2D eigenvalue weighted by molar-refractivity contribution is -0.123. The zero-order chi connectivity index (χ0) is 40.7. The molecule has 4 nitrogen and oxygen atoms in total. The molecule has 3 N–H and O–H groups in total. The Labute approximate surface area is 349 Å². The van der Waals surface area contributed by atoms with E-state index in [2.05, 4.69) is 67.8 Å². The standard InChI is InChI=1S/C52H95NO3/c1-3-5-7-9-11-12-13-14-15-16-17-18-19-20-21-22-23-24-25-26-27-28-29-30-31-32-33-34-35-36-37-38-39-40-42-44-46-48-52(56)53-50(49-54)51(55)47-45-43-41-10-8-6-4-2/h8,10,13-14,16-17,19-20,45,47,50-51,54-55H,3-7,9,11-12,15,18,21-44,46,48-49H2,1-2H3,(H,53,56)/b10-8+,14-13-,17-16-,20-19-,47-45+. The second-order valence-corrected chi connectivity index (χ2v) is 16.5. The lowest BCUT2D eigenvalue weighted by Gasteiger charge is -2.19. The second kappa shape index (κ2) is 47.5. The van der Waals surface area contributed by atoms with Crippen molar-refractivity contribution < 1.29 is 15.0 Å². The largest absolute Gasteiger partial charge is 0.394 e. The van der Waals surface area contributed by atoms with E-state index in [-0.39, 0.29) is 12.5 Å². The maximum absolute atomic E-state index is 12.3. The van der Waals surface area contributed by atoms with Gasteiger partial charge in [0.25, 0.3) is 0 Å². The van der Waals surface area contributed by atoms with Gasteiger partial charge in [0.2, 0.25) is 5.91 Å². The molecule has 4 heteroatoms. The SMILES string of the molecule is CCC/C=C/CC/C=C/C(O)C(CO)NC(=O)CCCCCCCCCCCCCCCCCCCCCCCC/C=C\C/C=C\C/C=C\CCCCCCC. The summed E-state index contributed by atoms with van der Waals surface area (Å²) in [5, 5.41) is 22.8. The van der Waals surface area contributed by atoms with E-state index < -0.39 is 12.1 Å². The number of amides is 1. The van der Waals surface area contributed by atoms with Gasteiger partial charge in [0.15, 0.2) is 0 Å². The van der Waals surface area contributed by atoms with E-state index in [9.17, 15) is 15.0 Å². The summed E-state index contributed by atoms with van der Waals surface area (Å²) in [5.74, 6) is -0.0773. The smallest absolute Gasteiger partial charge is 0.220 e. The number of nitrogens with one attached hydrogen (secondary N) is 1. The van der Waals surface area contributed by atoms with Gasteiger partial charge in [0.05, 0.1) is 18.8 Å². The molecule has 2 unspecified atom stereocenters. The van der Waals surface area contributed by atoms with Crippen LogP contribution in [0.4, 0.5) is 0 Å². The van der Waals surface area contributed by atoms with E-state index in [0.717, 1.165) is 51.4 Å². The molecule has 0 fully saturated rings. The molecule has 0 aliphatic heterocycles. The molecule has 2 atom stereocenters. The highest BCUT2D eigenvalue weighted by Gasteiger charge is 2.17. The lowest BCUT2D eigenvalue weighted by Crippen LogP contribution is -2.45. The summed E-state index contributed by atoms with van der Waals surface area (Å²) in [5.41, 5.74) is 0. The Kier molecular flexibility index (Phi) is 45.8. The van der Waals surface area contributed by atoms with E-state index in [1.807, 2.05) is 6.08 Å². The summed E-state index contributed by atoms with van der Waals surface area (Å²) in [6, 6.07) is -0.635. The van der Waals surface area contributed by atoms with Gasteiger partial charge in [-0.25, -0.2) is 0 Å². The van der Waals surface area contributed by atoms with Crippen LogP contribution in [0.2, 0.25) is 0 Å². The fourth-order valence-electron chi connectivity index (χ4n) is 7.21. The number of hydrogen-bond donors (Lipinski definition) is 3. The number of rotatable bonds is 44. The molecular weight excluding hydrogens is 687 g/mol. The molecule has 326 valence electrons. The van der Waals surface area contributed by atoms with Crippen LogP contribution in [0.25, 0.3) is 0 Å². The third-order valence-electron chi connectivity index (χ3n) is 11.0. The van der Waals surface area contributed by atoms with E-state index in [0.29, 0.717) is 6.42 Å². The molecule has 0 aromatic heterocycles. The van der Waals surface area contributed by atoms with Crippen molar-refractivity contribution in [2.75, 3.05) is 6.61 Å². The monoisotopic (exact) mass is 782 g/mol. The van der Waals surface area contributed by atoms with E-state index in [1.54, 1.807) is 6.08 Å². The number of aliphatic hydroxyl groups is 2. The minimum absolute atomic E-state index is 0.0773. The third-order valence-corrected chi connectivity index (χ3v) is 11.0. The first-order valence-corrected chi connectivity index (χ1v) is 24.5. The van der Waals surface area contributed by atoms with Crippen LogP contribution in [0.3, 0.4) is 0 Å². The van der Waals surface area contributed by atoms with Crippen molar-refractivity contribution in [3.63, 3.8) is 0 Å². The predicted octanol–water partition coefficient (Wildman–Crippen LogP) is 15.7. The van der Waals surface area contributed by atoms with Crippen molar-refractivity contribution in [1.82, 2.24) is 5.32 Å². The van der Waals surface area contributed by atoms with Crippen LogP contribution in [0.15, 0.2) is 60.8 Å². The fraction of sp³-hybridized carbons (Fsp3) is 0.788. The third kappa shape index (κ3) is 43.2. The highest BCUT2D eigenvalue weighted by molar-refractivity contribution is 5.76. The molecule has 56 heavy (non-hydrogen) atoms. The van der Waals surface area contributed by atoms with Crippen LogP contribution in [-0.2, 0) is 4.79 Å². The van der Waals surface area contributed by atoms with E-state index in [1.165, 1.54) is 173 Å². The average Bonchev–Trinajstić information content (AvgIpc) is 3.20. The summed E-state index contributed by atoms with van der Waals surface area (Å²) in [6.45, 7) is 4.18. The Bertz CT molecular complexity index is 934. The first-order chi connectivity index (χ1) is 27.7. The van der Waals surface area contributed by atoms with E-state index >= 15 is 0 Å². The minimum Gasteiger partial charge on any atom is -0.394 e. The zero-order valence-electron chi connectivity index (χ0n) is 37.4. The van der Waals surface area contributed by atoms with Crippen molar-refractivity contribution in [3.05, 3.63) is 60.8 Å². The molecule has 0 radical (unpaired) electrons. The first kappa shape index (κ1) is 54.1. The summed E-state index contributed by atoms with van der Waals surface area (Å²) in [6.07, 6.45) is 66.8. The number of allylic oxidation sites excluding steroid dienone is 9. The van der Waals surface area contributed by atoms with Crippen LogP contribution >= 0.6 is 0 Å². The van der Waals surface area contributed by atoms with Gasteiger partial charge in [-0.3, -0.25) is 4.79 Å². The van der Waals surface area contributed by atoms with Crippen molar-refractivity contribution in [2.45, 2.75) is 257 Å². The van der Waals surface area contributed by atoms with Gasteiger partial charge in [0.1, 0.15) is 0 Å². The number of hydrogen-bond acceptors (Lipinski definition) is 3. The van der Waals surface area contributed by atoms with Gasteiger partial charge >= 0.3 is 0 Å². The predicted molar refractivity (Wildman–Crippen MR) is 248 cm³/mol. The molecule has 0 spiro atoms. The number of unbranched alkanes of at least 4 members (excludes halogenated alkanes) is 29. The summed E-state index contributed by atoms with van der Waals surface area (Å²) in [7, 11) is 0. The molecular formula is C52H95NO3. The van der Waals surface area contributed by atoms with Gasteiger partial charge in [-0.2, -0.15) is 0 Å². The van der Waals surface area contributed by atoms with Crippen LogP contribution < -0.4 is 5.32 Å². The molecule has 0 heterocycles. The second-order valence-electron chi connectivity index (χ2n) is 16.5. The molecule has 0 aliphatic rings. The van der Waals surface area contributed by atoms with Gasteiger partial charge < -0.3 is 15.5 Å². The van der Waals surface area contributed by atoms with Crippen LogP contribution in [0.1, 0.15) is 245 Å². The van der Waals surface area contributed by atoms with Gasteiger partial charge in [0, 0.05) is 6.42 Å². The van der Waals surface area contributed by atoms with Crippen LogP contribution in [-0.4, -0.2) is 34.9 Å². The van der Waals surface area contributed by atoms with Gasteiger partial charge in [-0.05, 0) is 64.2 Å². The maximum Gasteiger partial charge on any atom is 0.220 e. The lowest BCUT2D eigenvalue weighted by atomic mass is 10.0. The Balaban J connectivity index is 3.38. The van der Waals surface area contributed by atoms with Crippen molar-refractivity contribution in [3.8, 4) is 0 Å². The molecule has 0 aromatic carbocycles. The number of carbonyl (C=O) groups is 1. The van der Waals surface area contributed by atoms with Gasteiger partial charge in [-0.1, -0.05) is 235 Å². The fourth-order valence-corrected chi connectivity index (χ4v) is 7.21. The Morgan fingerprint density at radius 3 is 1.21 bits per heavy atom. The number of carbonyl (C=O) groups excluding carboxylic acids is 1. The highest BCUT2D eigenvalue weighted by atomic mass is 16.3. The quantitative estimate of drug-likeness (QED) is 0.0426. The Hall–Kier alpha value is -1.91.